The first-order valence-electron chi connectivity index (χ1n) is 9.69. The smallest absolute Gasteiger partial charge is 0.315 e. The van der Waals surface area contributed by atoms with Crippen molar-refractivity contribution in [3.63, 3.8) is 0 Å². The molecule has 3 rings (SSSR count). The number of esters is 1. The Bertz CT molecular complexity index is 1340. The Kier molecular flexibility index (Phi) is 7.43. The van der Waals surface area contributed by atoms with Gasteiger partial charge in [0, 0.05) is 11.8 Å². The highest BCUT2D eigenvalue weighted by atomic mass is 35.5. The molecule has 0 aliphatic heterocycles. The first-order valence-corrected chi connectivity index (χ1v) is 11.6. The summed E-state index contributed by atoms with van der Waals surface area (Å²) in [7, 11) is -3.00. The zero-order valence-corrected chi connectivity index (χ0v) is 19.5. The Morgan fingerprint density at radius 3 is 2.38 bits per heavy atom. The minimum absolute atomic E-state index is 0.0611. The summed E-state index contributed by atoms with van der Waals surface area (Å²) in [6.45, 7) is 1.65. The molecule has 1 amide bonds. The number of hydrogen-bond acceptors (Lipinski definition) is 7. The minimum atomic E-state index is -4.17. The Labute approximate surface area is 199 Å². The predicted octanol–water partition coefficient (Wildman–Crippen LogP) is 4.62. The predicted molar refractivity (Wildman–Crippen MR) is 121 cm³/mol. The lowest BCUT2D eigenvalue weighted by molar-refractivity contribution is -0.142. The molecule has 2 N–H and O–H groups in total. The fraction of sp³-hybridized carbons (Fsp3) is 0.130. The summed E-state index contributed by atoms with van der Waals surface area (Å²) in [5.74, 6) is -2.16. The monoisotopic (exact) mass is 507 g/mol. The van der Waals surface area contributed by atoms with Crippen LogP contribution in [0, 0.1) is 12.7 Å². The fourth-order valence-corrected chi connectivity index (χ4v) is 4.64. The average Bonchev–Trinajstić information content (AvgIpc) is 2.77. The topological polar surface area (TPSA) is 119 Å². The number of rotatable bonds is 7. The summed E-state index contributed by atoms with van der Waals surface area (Å²) in [5, 5.41) is 12.8. The number of carbonyl (C=O) groups is 2. The molecule has 34 heavy (non-hydrogen) atoms. The van der Waals surface area contributed by atoms with E-state index in [0.717, 1.165) is 36.4 Å². The van der Waals surface area contributed by atoms with Crippen LogP contribution in [-0.2, 0) is 24.2 Å². The van der Waals surface area contributed by atoms with Gasteiger partial charge in [-0.25, -0.2) is 12.8 Å². The molecular weight excluding hydrogens is 489 g/mol. The minimum Gasteiger partial charge on any atom is -0.507 e. The molecule has 0 aromatic heterocycles. The highest BCUT2D eigenvalue weighted by Gasteiger charge is 2.23. The third kappa shape index (κ3) is 5.64. The maximum absolute atomic E-state index is 13.2. The molecule has 0 saturated heterocycles. The van der Waals surface area contributed by atoms with Gasteiger partial charge in [-0.3, -0.25) is 9.59 Å². The number of amides is 1. The largest absolute Gasteiger partial charge is 0.507 e. The Balaban J connectivity index is 1.88. The van der Waals surface area contributed by atoms with Crippen molar-refractivity contribution in [3.05, 3.63) is 71.0 Å². The zero-order valence-electron chi connectivity index (χ0n) is 18.0. The lowest BCUT2D eigenvalue weighted by atomic mass is 10.2. The molecule has 0 aliphatic rings. The summed E-state index contributed by atoms with van der Waals surface area (Å²) < 4.78 is 49.2. The Morgan fingerprint density at radius 1 is 1.09 bits per heavy atom. The van der Waals surface area contributed by atoms with Crippen LogP contribution in [0.4, 0.5) is 10.1 Å². The number of sulfone groups is 1. The zero-order chi connectivity index (χ0) is 25.0. The number of phenols is 1. The number of aryl methyl sites for hydroxylation is 1. The van der Waals surface area contributed by atoms with Gasteiger partial charge in [-0.2, -0.15) is 0 Å². The molecular formula is C23H19ClFNO7S. The number of benzene rings is 3. The number of halogens is 2. The van der Waals surface area contributed by atoms with Crippen LogP contribution in [0.15, 0.2) is 64.4 Å². The van der Waals surface area contributed by atoms with Crippen LogP contribution in [0.25, 0.3) is 0 Å². The molecule has 0 atom stereocenters. The first kappa shape index (κ1) is 25.0. The number of carbonyl (C=O) groups excluding carboxylic acids is 2. The van der Waals surface area contributed by atoms with Gasteiger partial charge in [0.05, 0.1) is 17.0 Å². The van der Waals surface area contributed by atoms with Crippen molar-refractivity contribution in [2.24, 2.45) is 0 Å². The molecule has 0 aliphatic carbocycles. The second-order valence-corrected chi connectivity index (χ2v) is 9.42. The van der Waals surface area contributed by atoms with Crippen molar-refractivity contribution in [1.29, 1.82) is 0 Å². The molecule has 0 unspecified atom stereocenters. The van der Waals surface area contributed by atoms with Gasteiger partial charge in [0.15, 0.2) is 0 Å². The molecule has 8 nitrogen and oxygen atoms in total. The summed E-state index contributed by atoms with van der Waals surface area (Å²) in [4.78, 5) is 22.5. The fourth-order valence-electron chi connectivity index (χ4n) is 2.97. The van der Waals surface area contributed by atoms with Crippen molar-refractivity contribution in [2.45, 2.75) is 23.1 Å². The first-order chi connectivity index (χ1) is 16.0. The summed E-state index contributed by atoms with van der Waals surface area (Å²) in [6.07, 6.45) is -0.468. The molecule has 0 fully saturated rings. The van der Waals surface area contributed by atoms with E-state index in [9.17, 15) is 27.5 Å². The normalized spacial score (nSPS) is 11.1. The number of ether oxygens (including phenoxy) is 2. The molecule has 178 valence electrons. The van der Waals surface area contributed by atoms with Crippen molar-refractivity contribution in [2.75, 3.05) is 12.4 Å². The van der Waals surface area contributed by atoms with E-state index in [1.165, 1.54) is 19.2 Å². The molecule has 0 bridgehead atoms. The van der Waals surface area contributed by atoms with Gasteiger partial charge in [0.1, 0.15) is 34.4 Å². The van der Waals surface area contributed by atoms with Gasteiger partial charge in [0.25, 0.3) is 0 Å². The van der Waals surface area contributed by atoms with E-state index in [1.54, 1.807) is 13.0 Å². The quantitative estimate of drug-likeness (QED) is 0.272. The maximum Gasteiger partial charge on any atom is 0.315 e. The van der Waals surface area contributed by atoms with E-state index in [4.69, 9.17) is 16.3 Å². The van der Waals surface area contributed by atoms with E-state index in [0.29, 0.717) is 11.3 Å². The number of phenolic OH excluding ortho intramolecular Hbond substituents is 1. The Hall–Kier alpha value is -3.63. The molecule has 11 heteroatoms. The average molecular weight is 508 g/mol. The van der Waals surface area contributed by atoms with Crippen LogP contribution in [-0.4, -0.2) is 32.5 Å². The van der Waals surface area contributed by atoms with Crippen LogP contribution < -0.4 is 10.1 Å². The lowest BCUT2D eigenvalue weighted by Gasteiger charge is -2.15. The molecule has 0 saturated carbocycles. The van der Waals surface area contributed by atoms with E-state index in [1.807, 2.05) is 0 Å². The number of methoxy groups -OCH3 is 1. The second kappa shape index (κ2) is 10.1. The third-order valence-electron chi connectivity index (χ3n) is 4.61. The highest BCUT2D eigenvalue weighted by Crippen LogP contribution is 2.38. The van der Waals surface area contributed by atoms with Gasteiger partial charge in [-0.05, 0) is 61.0 Å². The molecule has 0 spiro atoms. The SMILES string of the molecule is COC(=O)CC(=O)Nc1cc(C)c(Oc2ccc(O)c(S(=O)(=O)c3ccc(F)cc3)c2)c(Cl)c1. The lowest BCUT2D eigenvalue weighted by Crippen LogP contribution is -2.17. The number of nitrogens with one attached hydrogen (secondary N) is 1. The van der Waals surface area contributed by atoms with Gasteiger partial charge in [-0.1, -0.05) is 11.6 Å². The van der Waals surface area contributed by atoms with E-state index in [2.05, 4.69) is 10.1 Å². The Morgan fingerprint density at radius 2 is 1.76 bits per heavy atom. The van der Waals surface area contributed by atoms with Crippen molar-refractivity contribution in [1.82, 2.24) is 0 Å². The van der Waals surface area contributed by atoms with Gasteiger partial charge in [0.2, 0.25) is 15.7 Å². The summed E-state index contributed by atoms with van der Waals surface area (Å²) in [6, 6.07) is 10.7. The maximum atomic E-state index is 13.2. The van der Waals surface area contributed by atoms with Crippen molar-refractivity contribution >= 4 is 39.0 Å². The second-order valence-electron chi connectivity index (χ2n) is 7.09. The third-order valence-corrected chi connectivity index (χ3v) is 6.69. The summed E-state index contributed by atoms with van der Waals surface area (Å²) in [5.41, 5.74) is 0.811. The number of hydrogen-bond donors (Lipinski definition) is 2. The molecule has 3 aromatic carbocycles. The van der Waals surface area contributed by atoms with Crippen LogP contribution in [0.2, 0.25) is 5.02 Å². The molecule has 3 aromatic rings. The number of anilines is 1. The van der Waals surface area contributed by atoms with Crippen LogP contribution in [0.5, 0.6) is 17.2 Å². The van der Waals surface area contributed by atoms with Gasteiger partial charge < -0.3 is 19.9 Å². The van der Waals surface area contributed by atoms with Crippen molar-refractivity contribution in [3.8, 4) is 17.2 Å². The van der Waals surface area contributed by atoms with Crippen LogP contribution in [0.1, 0.15) is 12.0 Å². The highest BCUT2D eigenvalue weighted by molar-refractivity contribution is 7.91. The number of aromatic hydroxyl groups is 1. The van der Waals surface area contributed by atoms with Crippen LogP contribution in [0.3, 0.4) is 0 Å². The molecule has 0 radical (unpaired) electrons. The van der Waals surface area contributed by atoms with Gasteiger partial charge in [-0.15, -0.1) is 0 Å². The van der Waals surface area contributed by atoms with Crippen LogP contribution >= 0.6 is 11.6 Å². The molecule has 0 heterocycles. The van der Waals surface area contributed by atoms with E-state index < -0.39 is 44.6 Å². The van der Waals surface area contributed by atoms with E-state index in [-0.39, 0.29) is 21.4 Å². The summed E-state index contributed by atoms with van der Waals surface area (Å²) >= 11 is 6.30. The van der Waals surface area contributed by atoms with E-state index >= 15 is 0 Å². The van der Waals surface area contributed by atoms with Crippen molar-refractivity contribution < 1.29 is 37.0 Å². The van der Waals surface area contributed by atoms with Gasteiger partial charge >= 0.3 is 5.97 Å². The standard InChI is InChI=1S/C23H19ClFNO7S/c1-13-9-15(26-21(28)12-22(29)32-2)10-18(24)23(13)33-16-5-8-19(27)20(11-16)34(30,31)17-6-3-14(25)4-7-17/h3-11,27H,12H2,1-2H3,(H,26,28).